The highest BCUT2D eigenvalue weighted by Gasteiger charge is 2.16. The molecule has 3 aromatic rings. The smallest absolute Gasteiger partial charge is 0.279 e. The van der Waals surface area contributed by atoms with Crippen molar-refractivity contribution in [2.45, 2.75) is 26.2 Å². The lowest BCUT2D eigenvalue weighted by Gasteiger charge is -1.95. The molecule has 0 saturated heterocycles. The number of hydrogen-bond acceptors (Lipinski definition) is 6. The van der Waals surface area contributed by atoms with E-state index in [0.29, 0.717) is 15.9 Å². The maximum atomic E-state index is 12.2. The fraction of sp³-hybridized carbons (Fsp3) is 0.250. The van der Waals surface area contributed by atoms with Crippen LogP contribution in [-0.2, 0) is 6.42 Å². The second kappa shape index (κ2) is 7.55. The number of amides is 1. The second-order valence-electron chi connectivity index (χ2n) is 5.14. The van der Waals surface area contributed by atoms with Gasteiger partial charge in [-0.3, -0.25) is 10.1 Å². The molecule has 1 N–H and O–H groups in total. The van der Waals surface area contributed by atoms with Crippen molar-refractivity contribution in [1.29, 1.82) is 0 Å². The molecule has 0 atom stereocenters. The van der Waals surface area contributed by atoms with Crippen LogP contribution in [0.5, 0.6) is 0 Å². The molecule has 0 spiro atoms. The van der Waals surface area contributed by atoms with E-state index in [2.05, 4.69) is 27.6 Å². The van der Waals surface area contributed by atoms with Crippen molar-refractivity contribution in [2.24, 2.45) is 0 Å². The van der Waals surface area contributed by atoms with Crippen molar-refractivity contribution >= 4 is 34.0 Å². The normalized spacial score (nSPS) is 10.8. The Balaban J connectivity index is 1.67. The van der Waals surface area contributed by atoms with Crippen LogP contribution < -0.4 is 5.32 Å². The summed E-state index contributed by atoms with van der Waals surface area (Å²) < 4.78 is 5.22. The Bertz CT molecular complexity index is 829. The Hall–Kier alpha value is -2.25. The number of carbonyl (C=O) groups is 1. The minimum absolute atomic E-state index is 0.185. The summed E-state index contributed by atoms with van der Waals surface area (Å²) in [5, 5.41) is 16.5. The zero-order valence-electron chi connectivity index (χ0n) is 13.0. The van der Waals surface area contributed by atoms with Crippen molar-refractivity contribution in [3.8, 4) is 11.3 Å². The van der Waals surface area contributed by atoms with Crippen LogP contribution in [0.1, 0.15) is 35.3 Å². The molecule has 124 valence electrons. The van der Waals surface area contributed by atoms with Gasteiger partial charge in [0.1, 0.15) is 5.01 Å². The Morgan fingerprint density at radius 1 is 1.29 bits per heavy atom. The van der Waals surface area contributed by atoms with E-state index >= 15 is 0 Å². The zero-order chi connectivity index (χ0) is 16.9. The minimum Gasteiger partial charge on any atom is -0.355 e. The average Bonchev–Trinajstić information content (AvgIpc) is 3.23. The topological polar surface area (TPSA) is 80.9 Å². The van der Waals surface area contributed by atoms with Gasteiger partial charge in [-0.25, -0.2) is 0 Å². The summed E-state index contributed by atoms with van der Waals surface area (Å²) in [5.74, 6) is 0.120. The molecule has 0 aliphatic carbocycles. The first-order valence-electron chi connectivity index (χ1n) is 7.52. The summed E-state index contributed by atoms with van der Waals surface area (Å²) >= 11 is 7.23. The first-order chi connectivity index (χ1) is 11.7. The molecular formula is C16H15ClN4O2S. The number of aryl methyl sites for hydroxylation is 1. The Kier molecular flexibility index (Phi) is 5.22. The second-order valence-corrected chi connectivity index (χ2v) is 6.64. The van der Waals surface area contributed by atoms with Gasteiger partial charge in [0, 0.05) is 23.1 Å². The molecular weight excluding hydrogens is 348 g/mol. The van der Waals surface area contributed by atoms with Gasteiger partial charge in [0.2, 0.25) is 5.13 Å². The number of anilines is 1. The van der Waals surface area contributed by atoms with Crippen LogP contribution in [0.2, 0.25) is 5.02 Å². The van der Waals surface area contributed by atoms with Gasteiger partial charge in [0.15, 0.2) is 11.5 Å². The SMILES string of the molecule is CCCCc1nnc(NC(=O)c2cc(-c3ccc(Cl)cc3)on2)s1. The van der Waals surface area contributed by atoms with Gasteiger partial charge < -0.3 is 4.52 Å². The number of aromatic nitrogens is 3. The van der Waals surface area contributed by atoms with E-state index < -0.39 is 0 Å². The van der Waals surface area contributed by atoms with Crippen molar-refractivity contribution in [1.82, 2.24) is 15.4 Å². The molecule has 2 aromatic heterocycles. The summed E-state index contributed by atoms with van der Waals surface area (Å²) in [6.07, 6.45) is 3.01. The highest BCUT2D eigenvalue weighted by molar-refractivity contribution is 7.15. The largest absolute Gasteiger partial charge is 0.355 e. The van der Waals surface area contributed by atoms with Crippen LogP contribution in [0.15, 0.2) is 34.9 Å². The molecule has 0 bridgehead atoms. The van der Waals surface area contributed by atoms with Crippen molar-refractivity contribution in [2.75, 3.05) is 5.32 Å². The third-order valence-corrected chi connectivity index (χ3v) is 4.45. The lowest BCUT2D eigenvalue weighted by atomic mass is 10.1. The first-order valence-corrected chi connectivity index (χ1v) is 8.71. The minimum atomic E-state index is -0.378. The molecule has 0 radical (unpaired) electrons. The standard InChI is InChI=1S/C16H15ClN4O2S/c1-2-3-4-14-19-20-16(24-14)18-15(22)12-9-13(23-21-12)10-5-7-11(17)8-6-10/h5-9H,2-4H2,1H3,(H,18,20,22). The van der Waals surface area contributed by atoms with E-state index in [1.807, 2.05) is 0 Å². The molecule has 0 aliphatic heterocycles. The number of unbranched alkanes of at least 4 members (excludes halogenated alkanes) is 1. The fourth-order valence-electron chi connectivity index (χ4n) is 2.03. The monoisotopic (exact) mass is 362 g/mol. The number of halogens is 1. The Labute approximate surface area is 147 Å². The number of benzene rings is 1. The van der Waals surface area contributed by atoms with Gasteiger partial charge in [0.05, 0.1) is 0 Å². The summed E-state index contributed by atoms with van der Waals surface area (Å²) in [6.45, 7) is 2.12. The predicted molar refractivity (Wildman–Crippen MR) is 93.4 cm³/mol. The molecule has 0 saturated carbocycles. The van der Waals surface area contributed by atoms with Crippen LogP contribution in [0.3, 0.4) is 0 Å². The number of rotatable bonds is 6. The molecule has 8 heteroatoms. The third kappa shape index (κ3) is 3.98. The third-order valence-electron chi connectivity index (χ3n) is 3.30. The van der Waals surface area contributed by atoms with E-state index in [1.54, 1.807) is 30.3 Å². The molecule has 24 heavy (non-hydrogen) atoms. The molecule has 0 unspecified atom stereocenters. The molecule has 1 amide bonds. The summed E-state index contributed by atoms with van der Waals surface area (Å²) in [7, 11) is 0. The molecule has 6 nitrogen and oxygen atoms in total. The molecule has 3 rings (SSSR count). The quantitative estimate of drug-likeness (QED) is 0.701. The van der Waals surface area contributed by atoms with Crippen LogP contribution in [0.4, 0.5) is 5.13 Å². The van der Waals surface area contributed by atoms with E-state index in [4.69, 9.17) is 16.1 Å². The summed E-state index contributed by atoms with van der Waals surface area (Å²) in [5.41, 5.74) is 0.981. The van der Waals surface area contributed by atoms with Gasteiger partial charge >= 0.3 is 0 Å². The number of hydrogen-bond donors (Lipinski definition) is 1. The molecule has 0 aliphatic rings. The Morgan fingerprint density at radius 3 is 2.83 bits per heavy atom. The van der Waals surface area contributed by atoms with Gasteiger partial charge in [-0.2, -0.15) is 0 Å². The van der Waals surface area contributed by atoms with E-state index in [9.17, 15) is 4.79 Å². The number of carbonyl (C=O) groups excluding carboxylic acids is 1. The molecule has 0 fully saturated rings. The summed E-state index contributed by atoms with van der Waals surface area (Å²) in [4.78, 5) is 12.2. The molecule has 1 aromatic carbocycles. The zero-order valence-corrected chi connectivity index (χ0v) is 14.5. The number of nitrogens with zero attached hydrogens (tertiary/aromatic N) is 3. The maximum Gasteiger partial charge on any atom is 0.279 e. The van der Waals surface area contributed by atoms with Crippen molar-refractivity contribution in [3.63, 3.8) is 0 Å². The van der Waals surface area contributed by atoms with Crippen molar-refractivity contribution in [3.05, 3.63) is 46.1 Å². The van der Waals surface area contributed by atoms with Crippen LogP contribution >= 0.6 is 22.9 Å². The Morgan fingerprint density at radius 2 is 2.08 bits per heavy atom. The van der Waals surface area contributed by atoms with Gasteiger partial charge in [-0.05, 0) is 30.7 Å². The maximum absolute atomic E-state index is 12.2. The first kappa shape index (κ1) is 16.6. The van der Waals surface area contributed by atoms with Crippen LogP contribution in [-0.4, -0.2) is 21.3 Å². The summed E-state index contributed by atoms with van der Waals surface area (Å²) in [6, 6.07) is 8.68. The van der Waals surface area contributed by atoms with E-state index in [0.717, 1.165) is 29.8 Å². The highest BCUT2D eigenvalue weighted by atomic mass is 35.5. The van der Waals surface area contributed by atoms with E-state index in [1.165, 1.54) is 11.3 Å². The van der Waals surface area contributed by atoms with Gasteiger partial charge in [0.25, 0.3) is 5.91 Å². The fourth-order valence-corrected chi connectivity index (χ4v) is 2.93. The van der Waals surface area contributed by atoms with E-state index in [-0.39, 0.29) is 11.6 Å². The molecule has 2 heterocycles. The lowest BCUT2D eigenvalue weighted by molar-refractivity contribution is 0.101. The number of nitrogens with one attached hydrogen (secondary N) is 1. The predicted octanol–water partition coefficient (Wildman–Crippen LogP) is 4.44. The van der Waals surface area contributed by atoms with Gasteiger partial charge in [-0.15, -0.1) is 10.2 Å². The van der Waals surface area contributed by atoms with Crippen molar-refractivity contribution < 1.29 is 9.32 Å². The average molecular weight is 363 g/mol. The van der Waals surface area contributed by atoms with Crippen LogP contribution in [0.25, 0.3) is 11.3 Å². The van der Waals surface area contributed by atoms with Gasteiger partial charge in [-0.1, -0.05) is 41.4 Å². The highest BCUT2D eigenvalue weighted by Crippen LogP contribution is 2.23. The lowest BCUT2D eigenvalue weighted by Crippen LogP contribution is -2.11. The van der Waals surface area contributed by atoms with Crippen LogP contribution in [0, 0.1) is 0 Å².